The first-order chi connectivity index (χ1) is 13.5. The molecule has 150 valence electrons. The van der Waals surface area contributed by atoms with Crippen LogP contribution in [0.1, 0.15) is 31.9 Å². The van der Waals surface area contributed by atoms with Crippen molar-refractivity contribution < 1.29 is 19.1 Å². The number of carbonyl (C=O) groups excluding carboxylic acids is 2. The molecular weight excluding hydrogens is 352 g/mol. The van der Waals surface area contributed by atoms with Gasteiger partial charge in [-0.05, 0) is 23.0 Å². The molecule has 1 unspecified atom stereocenters. The van der Waals surface area contributed by atoms with E-state index in [1.807, 2.05) is 81.4 Å². The van der Waals surface area contributed by atoms with Crippen LogP contribution in [0.15, 0.2) is 60.7 Å². The second-order valence-corrected chi connectivity index (χ2v) is 7.39. The van der Waals surface area contributed by atoms with Gasteiger partial charge in [0, 0.05) is 12.8 Å². The van der Waals surface area contributed by atoms with E-state index in [4.69, 9.17) is 9.47 Å². The van der Waals surface area contributed by atoms with Gasteiger partial charge in [-0.25, -0.2) is 0 Å². The number of rotatable bonds is 10. The zero-order valence-electron chi connectivity index (χ0n) is 17.0. The van der Waals surface area contributed by atoms with E-state index in [1.54, 1.807) is 0 Å². The van der Waals surface area contributed by atoms with Gasteiger partial charge in [0.25, 0.3) is 0 Å². The third kappa shape index (κ3) is 6.84. The number of benzene rings is 2. The first kappa shape index (κ1) is 21.7. The van der Waals surface area contributed by atoms with Gasteiger partial charge in [-0.1, -0.05) is 81.4 Å². The number of esters is 2. The van der Waals surface area contributed by atoms with E-state index >= 15 is 0 Å². The highest BCUT2D eigenvalue weighted by atomic mass is 16.6. The molecule has 2 aromatic carbocycles. The van der Waals surface area contributed by atoms with E-state index in [2.05, 4.69) is 0 Å². The lowest BCUT2D eigenvalue weighted by Gasteiger charge is -2.24. The molecule has 0 fully saturated rings. The van der Waals surface area contributed by atoms with E-state index in [0.29, 0.717) is 12.8 Å². The minimum absolute atomic E-state index is 0.159. The molecule has 0 bridgehead atoms. The van der Waals surface area contributed by atoms with Gasteiger partial charge >= 0.3 is 11.9 Å². The molecule has 28 heavy (non-hydrogen) atoms. The zero-order valence-corrected chi connectivity index (χ0v) is 17.0. The Kier molecular flexibility index (Phi) is 8.73. The Bertz CT molecular complexity index is 667. The van der Waals surface area contributed by atoms with Crippen molar-refractivity contribution in [2.24, 2.45) is 17.8 Å². The van der Waals surface area contributed by atoms with Crippen LogP contribution >= 0.6 is 0 Å². The Labute approximate surface area is 167 Å². The molecule has 2 rings (SSSR count). The molecule has 2 aromatic rings. The van der Waals surface area contributed by atoms with Gasteiger partial charge in [0.15, 0.2) is 5.92 Å². The normalized spacial score (nSPS) is 12.0. The van der Waals surface area contributed by atoms with E-state index in [-0.39, 0.29) is 25.0 Å². The van der Waals surface area contributed by atoms with Crippen LogP contribution in [0.2, 0.25) is 0 Å². The number of ether oxygens (including phenoxy) is 2. The summed E-state index contributed by atoms with van der Waals surface area (Å²) in [6.45, 7) is 6.38. The molecule has 0 N–H and O–H groups in total. The van der Waals surface area contributed by atoms with Crippen LogP contribution in [0, 0.1) is 17.8 Å². The monoisotopic (exact) mass is 382 g/mol. The molecule has 0 spiro atoms. The van der Waals surface area contributed by atoms with E-state index < -0.39 is 17.9 Å². The van der Waals surface area contributed by atoms with Crippen LogP contribution < -0.4 is 0 Å². The standard InChI is InChI=1S/C24H30O4/c1-18(2)19(3)22(23(25)27-16-14-20-10-6-4-7-11-20)24(26)28-17-15-21-12-8-5-9-13-21/h4-13,18-19,22H,14-17H2,1-3H3. The average Bonchev–Trinajstić information content (AvgIpc) is 2.69. The fourth-order valence-corrected chi connectivity index (χ4v) is 2.92. The fourth-order valence-electron chi connectivity index (χ4n) is 2.92. The first-order valence-electron chi connectivity index (χ1n) is 9.90. The Hall–Kier alpha value is -2.62. The molecule has 0 saturated carbocycles. The third-order valence-corrected chi connectivity index (χ3v) is 5.04. The highest BCUT2D eigenvalue weighted by Crippen LogP contribution is 2.23. The minimum atomic E-state index is -0.897. The summed E-state index contributed by atoms with van der Waals surface area (Å²) < 4.78 is 10.9. The summed E-state index contributed by atoms with van der Waals surface area (Å²) in [6, 6.07) is 19.6. The fraction of sp³-hybridized carbons (Fsp3) is 0.417. The molecule has 0 saturated heterocycles. The first-order valence-corrected chi connectivity index (χ1v) is 9.90. The van der Waals surface area contributed by atoms with E-state index in [0.717, 1.165) is 11.1 Å². The SMILES string of the molecule is CC(C)C(C)C(C(=O)OCCc1ccccc1)C(=O)OCCc1ccccc1. The Morgan fingerprint density at radius 2 is 1.11 bits per heavy atom. The van der Waals surface area contributed by atoms with Crippen LogP contribution in [-0.4, -0.2) is 25.2 Å². The number of hydrogen-bond donors (Lipinski definition) is 0. The third-order valence-electron chi connectivity index (χ3n) is 5.04. The summed E-state index contributed by atoms with van der Waals surface area (Å²) in [6.07, 6.45) is 1.25. The molecular formula is C24H30O4. The van der Waals surface area contributed by atoms with Gasteiger partial charge in [0.1, 0.15) is 0 Å². The summed E-state index contributed by atoms with van der Waals surface area (Å²) >= 11 is 0. The van der Waals surface area contributed by atoms with Gasteiger partial charge < -0.3 is 9.47 Å². The molecule has 1 atom stereocenters. The molecule has 4 nitrogen and oxygen atoms in total. The predicted octanol–water partition coefficient (Wildman–Crippen LogP) is 4.47. The Balaban J connectivity index is 1.89. The minimum Gasteiger partial charge on any atom is -0.465 e. The summed E-state index contributed by atoms with van der Waals surface area (Å²) in [4.78, 5) is 25.3. The van der Waals surface area contributed by atoms with Gasteiger partial charge in [-0.2, -0.15) is 0 Å². The second kappa shape index (κ2) is 11.3. The van der Waals surface area contributed by atoms with Gasteiger partial charge in [-0.3, -0.25) is 9.59 Å². The molecule has 0 heterocycles. The van der Waals surface area contributed by atoms with E-state index in [1.165, 1.54) is 0 Å². The largest absolute Gasteiger partial charge is 0.465 e. The zero-order chi connectivity index (χ0) is 20.4. The van der Waals surface area contributed by atoms with Crippen LogP contribution in [0.4, 0.5) is 0 Å². The molecule has 0 aliphatic rings. The smallest absolute Gasteiger partial charge is 0.320 e. The van der Waals surface area contributed by atoms with Gasteiger partial charge in [0.05, 0.1) is 13.2 Å². The predicted molar refractivity (Wildman–Crippen MR) is 110 cm³/mol. The highest BCUT2D eigenvalue weighted by molar-refractivity contribution is 5.95. The second-order valence-electron chi connectivity index (χ2n) is 7.39. The van der Waals surface area contributed by atoms with Crippen LogP contribution in [0.25, 0.3) is 0 Å². The lowest BCUT2D eigenvalue weighted by Crippen LogP contribution is -2.36. The van der Waals surface area contributed by atoms with Crippen LogP contribution in [0.3, 0.4) is 0 Å². The van der Waals surface area contributed by atoms with Crippen molar-refractivity contribution in [3.8, 4) is 0 Å². The number of hydrogen-bond acceptors (Lipinski definition) is 4. The average molecular weight is 383 g/mol. The molecule has 0 aliphatic heterocycles. The maximum atomic E-state index is 12.6. The maximum Gasteiger partial charge on any atom is 0.320 e. The lowest BCUT2D eigenvalue weighted by molar-refractivity contribution is -0.165. The molecule has 0 aliphatic carbocycles. The highest BCUT2D eigenvalue weighted by Gasteiger charge is 2.36. The van der Waals surface area contributed by atoms with E-state index in [9.17, 15) is 9.59 Å². The Morgan fingerprint density at radius 1 is 0.714 bits per heavy atom. The number of carbonyl (C=O) groups is 2. The molecule has 4 heteroatoms. The van der Waals surface area contributed by atoms with Gasteiger partial charge in [-0.15, -0.1) is 0 Å². The van der Waals surface area contributed by atoms with Gasteiger partial charge in [0.2, 0.25) is 0 Å². The summed E-state index contributed by atoms with van der Waals surface area (Å²) in [7, 11) is 0. The van der Waals surface area contributed by atoms with Crippen molar-refractivity contribution in [3.63, 3.8) is 0 Å². The molecule has 0 amide bonds. The van der Waals surface area contributed by atoms with Crippen molar-refractivity contribution in [2.75, 3.05) is 13.2 Å². The summed E-state index contributed by atoms with van der Waals surface area (Å²) in [5.74, 6) is -1.89. The topological polar surface area (TPSA) is 52.6 Å². The summed E-state index contributed by atoms with van der Waals surface area (Å²) in [5, 5.41) is 0. The quantitative estimate of drug-likeness (QED) is 0.449. The van der Waals surface area contributed by atoms with Crippen molar-refractivity contribution >= 4 is 11.9 Å². The lowest BCUT2D eigenvalue weighted by atomic mass is 9.85. The van der Waals surface area contributed by atoms with Crippen molar-refractivity contribution in [3.05, 3.63) is 71.8 Å². The maximum absolute atomic E-state index is 12.6. The van der Waals surface area contributed by atoms with Crippen LogP contribution in [-0.2, 0) is 31.9 Å². The van der Waals surface area contributed by atoms with Crippen molar-refractivity contribution in [2.45, 2.75) is 33.6 Å². The Morgan fingerprint density at radius 3 is 1.46 bits per heavy atom. The van der Waals surface area contributed by atoms with Crippen molar-refractivity contribution in [1.29, 1.82) is 0 Å². The molecule has 0 aromatic heterocycles. The summed E-state index contributed by atoms with van der Waals surface area (Å²) in [5.41, 5.74) is 2.18. The van der Waals surface area contributed by atoms with Crippen molar-refractivity contribution in [1.82, 2.24) is 0 Å². The van der Waals surface area contributed by atoms with Crippen LogP contribution in [0.5, 0.6) is 0 Å². The molecule has 0 radical (unpaired) electrons.